The first-order chi connectivity index (χ1) is 9.54. The van der Waals surface area contributed by atoms with Gasteiger partial charge in [0, 0.05) is 23.1 Å². The SMILES string of the molecule is CN(Cc1cccc(Br)c1)Cc1cccc(C(=N)N)c1. The van der Waals surface area contributed by atoms with E-state index in [4.69, 9.17) is 11.1 Å². The van der Waals surface area contributed by atoms with Gasteiger partial charge >= 0.3 is 0 Å². The van der Waals surface area contributed by atoms with E-state index in [1.54, 1.807) is 0 Å². The second-order valence-electron chi connectivity index (χ2n) is 4.92. The summed E-state index contributed by atoms with van der Waals surface area (Å²) in [5.41, 5.74) is 8.72. The zero-order chi connectivity index (χ0) is 14.5. The average molecular weight is 332 g/mol. The number of hydrogen-bond acceptors (Lipinski definition) is 2. The molecule has 4 heteroatoms. The van der Waals surface area contributed by atoms with Crippen molar-refractivity contribution in [2.24, 2.45) is 5.73 Å². The summed E-state index contributed by atoms with van der Waals surface area (Å²) in [4.78, 5) is 2.24. The highest BCUT2D eigenvalue weighted by Crippen LogP contribution is 2.14. The number of hydrogen-bond donors (Lipinski definition) is 2. The molecule has 0 amide bonds. The van der Waals surface area contributed by atoms with E-state index < -0.39 is 0 Å². The highest BCUT2D eigenvalue weighted by Gasteiger charge is 2.04. The zero-order valence-corrected chi connectivity index (χ0v) is 13.0. The minimum absolute atomic E-state index is 0.112. The van der Waals surface area contributed by atoms with Gasteiger partial charge in [-0.3, -0.25) is 10.3 Å². The predicted molar refractivity (Wildman–Crippen MR) is 86.8 cm³/mol. The van der Waals surface area contributed by atoms with Gasteiger partial charge in [-0.15, -0.1) is 0 Å². The average Bonchev–Trinajstić information content (AvgIpc) is 2.38. The molecule has 20 heavy (non-hydrogen) atoms. The van der Waals surface area contributed by atoms with Crippen LogP contribution in [-0.2, 0) is 13.1 Å². The summed E-state index contributed by atoms with van der Waals surface area (Å²) in [7, 11) is 2.08. The highest BCUT2D eigenvalue weighted by atomic mass is 79.9. The fourth-order valence-electron chi connectivity index (χ4n) is 2.15. The molecule has 0 aliphatic carbocycles. The van der Waals surface area contributed by atoms with Gasteiger partial charge in [0.2, 0.25) is 0 Å². The second-order valence-corrected chi connectivity index (χ2v) is 5.83. The zero-order valence-electron chi connectivity index (χ0n) is 11.4. The molecule has 0 spiro atoms. The summed E-state index contributed by atoms with van der Waals surface area (Å²) >= 11 is 3.49. The third-order valence-electron chi connectivity index (χ3n) is 3.03. The Morgan fingerprint density at radius 3 is 2.30 bits per heavy atom. The van der Waals surface area contributed by atoms with Crippen molar-refractivity contribution in [2.45, 2.75) is 13.1 Å². The Bertz CT molecular complexity index is 610. The summed E-state index contributed by atoms with van der Waals surface area (Å²) in [6, 6.07) is 16.2. The molecule has 0 saturated heterocycles. The fraction of sp³-hybridized carbons (Fsp3) is 0.188. The maximum atomic E-state index is 7.48. The molecule has 2 aromatic carbocycles. The highest BCUT2D eigenvalue weighted by molar-refractivity contribution is 9.10. The van der Waals surface area contributed by atoms with Crippen molar-refractivity contribution in [2.75, 3.05) is 7.05 Å². The molecule has 0 aliphatic heterocycles. The lowest BCUT2D eigenvalue weighted by Gasteiger charge is -2.17. The molecule has 2 rings (SSSR count). The van der Waals surface area contributed by atoms with Crippen LogP contribution in [0.5, 0.6) is 0 Å². The Kier molecular flexibility index (Phi) is 4.93. The third kappa shape index (κ3) is 4.18. The molecule has 104 valence electrons. The molecule has 0 aromatic heterocycles. The molecule has 2 aromatic rings. The Hall–Kier alpha value is -1.65. The van der Waals surface area contributed by atoms with Gasteiger partial charge in [-0.1, -0.05) is 46.3 Å². The standard InChI is InChI=1S/C16H18BrN3/c1-20(11-13-5-3-7-15(17)9-13)10-12-4-2-6-14(8-12)16(18)19/h2-9H,10-11H2,1H3,(H3,18,19). The number of nitrogen functional groups attached to an aromatic ring is 1. The van der Waals surface area contributed by atoms with Crippen molar-refractivity contribution in [3.05, 3.63) is 69.7 Å². The van der Waals surface area contributed by atoms with Gasteiger partial charge in [0.05, 0.1) is 0 Å². The summed E-state index contributed by atoms with van der Waals surface area (Å²) in [5.74, 6) is 0.112. The Balaban J connectivity index is 2.02. The molecule has 3 nitrogen and oxygen atoms in total. The van der Waals surface area contributed by atoms with Gasteiger partial charge in [0.15, 0.2) is 0 Å². The fourth-order valence-corrected chi connectivity index (χ4v) is 2.60. The Morgan fingerprint density at radius 2 is 1.70 bits per heavy atom. The largest absolute Gasteiger partial charge is 0.384 e. The van der Waals surface area contributed by atoms with Gasteiger partial charge in [-0.05, 0) is 36.4 Å². The molecular weight excluding hydrogens is 314 g/mol. The first kappa shape index (κ1) is 14.8. The van der Waals surface area contributed by atoms with E-state index in [1.165, 1.54) is 5.56 Å². The molecule has 0 saturated carbocycles. The molecule has 0 heterocycles. The van der Waals surface area contributed by atoms with Crippen LogP contribution in [0.1, 0.15) is 16.7 Å². The summed E-state index contributed by atoms with van der Waals surface area (Å²) in [6.45, 7) is 1.71. The summed E-state index contributed by atoms with van der Waals surface area (Å²) < 4.78 is 1.10. The first-order valence-electron chi connectivity index (χ1n) is 6.41. The van der Waals surface area contributed by atoms with Crippen LogP contribution in [0.25, 0.3) is 0 Å². The van der Waals surface area contributed by atoms with Gasteiger partial charge in [0.1, 0.15) is 5.84 Å². The molecule has 0 radical (unpaired) electrons. The van der Waals surface area contributed by atoms with E-state index in [2.05, 4.69) is 46.1 Å². The molecule has 0 aliphatic rings. The number of nitrogens with zero attached hydrogens (tertiary/aromatic N) is 1. The normalized spacial score (nSPS) is 10.8. The van der Waals surface area contributed by atoms with Crippen molar-refractivity contribution in [3.63, 3.8) is 0 Å². The van der Waals surface area contributed by atoms with Crippen LogP contribution in [0.15, 0.2) is 53.0 Å². The van der Waals surface area contributed by atoms with Crippen LogP contribution in [0.3, 0.4) is 0 Å². The van der Waals surface area contributed by atoms with Crippen LogP contribution < -0.4 is 5.73 Å². The van der Waals surface area contributed by atoms with Crippen molar-refractivity contribution in [1.29, 1.82) is 5.41 Å². The maximum Gasteiger partial charge on any atom is 0.122 e. The smallest absolute Gasteiger partial charge is 0.122 e. The number of nitrogens with one attached hydrogen (secondary N) is 1. The van der Waals surface area contributed by atoms with Gasteiger partial charge in [-0.2, -0.15) is 0 Å². The number of benzene rings is 2. The maximum absolute atomic E-state index is 7.48. The second kappa shape index (κ2) is 6.68. The van der Waals surface area contributed by atoms with Crippen LogP contribution in [0.4, 0.5) is 0 Å². The minimum Gasteiger partial charge on any atom is -0.384 e. The van der Waals surface area contributed by atoms with Crippen molar-refractivity contribution in [3.8, 4) is 0 Å². The van der Waals surface area contributed by atoms with Gasteiger partial charge in [0.25, 0.3) is 0 Å². The van der Waals surface area contributed by atoms with Gasteiger partial charge in [-0.25, -0.2) is 0 Å². The number of amidine groups is 1. The van der Waals surface area contributed by atoms with Crippen LogP contribution in [0.2, 0.25) is 0 Å². The van der Waals surface area contributed by atoms with Gasteiger partial charge < -0.3 is 5.73 Å². The van der Waals surface area contributed by atoms with Crippen LogP contribution >= 0.6 is 15.9 Å². The Morgan fingerprint density at radius 1 is 1.10 bits per heavy atom. The van der Waals surface area contributed by atoms with E-state index in [1.807, 2.05) is 30.3 Å². The molecule has 0 atom stereocenters. The quantitative estimate of drug-likeness (QED) is 0.652. The van der Waals surface area contributed by atoms with E-state index >= 15 is 0 Å². The molecule has 0 bridgehead atoms. The van der Waals surface area contributed by atoms with Crippen molar-refractivity contribution < 1.29 is 0 Å². The van der Waals surface area contributed by atoms with Crippen molar-refractivity contribution in [1.82, 2.24) is 4.90 Å². The molecule has 3 N–H and O–H groups in total. The van der Waals surface area contributed by atoms with Crippen molar-refractivity contribution >= 4 is 21.8 Å². The molecular formula is C16H18BrN3. The van der Waals surface area contributed by atoms with E-state index in [0.29, 0.717) is 0 Å². The predicted octanol–water partition coefficient (Wildman–Crippen LogP) is 3.37. The molecule has 0 unspecified atom stereocenters. The summed E-state index contributed by atoms with van der Waals surface area (Å²) in [6.07, 6.45) is 0. The van der Waals surface area contributed by atoms with Crippen LogP contribution in [0, 0.1) is 5.41 Å². The van der Waals surface area contributed by atoms with Crippen LogP contribution in [-0.4, -0.2) is 17.8 Å². The number of rotatable bonds is 5. The van der Waals surface area contributed by atoms with E-state index in [-0.39, 0.29) is 5.84 Å². The first-order valence-corrected chi connectivity index (χ1v) is 7.20. The number of nitrogens with two attached hydrogens (primary N) is 1. The third-order valence-corrected chi connectivity index (χ3v) is 3.53. The lowest BCUT2D eigenvalue weighted by Crippen LogP contribution is -2.18. The molecule has 0 fully saturated rings. The summed E-state index contributed by atoms with van der Waals surface area (Å²) in [5, 5.41) is 7.48. The topological polar surface area (TPSA) is 53.1 Å². The van der Waals surface area contributed by atoms with E-state index in [0.717, 1.165) is 28.7 Å². The Labute approximate surface area is 128 Å². The van der Waals surface area contributed by atoms with E-state index in [9.17, 15) is 0 Å². The minimum atomic E-state index is 0.112. The monoisotopic (exact) mass is 331 g/mol. The lowest BCUT2D eigenvalue weighted by molar-refractivity contribution is 0.319. The number of halogens is 1. The lowest BCUT2D eigenvalue weighted by atomic mass is 10.1.